The monoisotopic (exact) mass is 415 g/mol. The first-order valence-corrected chi connectivity index (χ1v) is 9.78. The van der Waals surface area contributed by atoms with Crippen molar-refractivity contribution in [2.75, 3.05) is 20.3 Å². The van der Waals surface area contributed by atoms with Crippen LogP contribution >= 0.6 is 0 Å². The second-order valence-electron chi connectivity index (χ2n) is 7.03. The average Bonchev–Trinajstić information content (AvgIpc) is 3.32. The van der Waals surface area contributed by atoms with Gasteiger partial charge in [0.2, 0.25) is 5.82 Å². The topological polar surface area (TPSA) is 82.4 Å². The quantitative estimate of drug-likeness (QED) is 0.523. The van der Waals surface area contributed by atoms with Gasteiger partial charge in [-0.15, -0.1) is 0 Å². The van der Waals surface area contributed by atoms with Crippen molar-refractivity contribution in [3.63, 3.8) is 0 Å². The van der Waals surface area contributed by atoms with Crippen molar-refractivity contribution in [1.29, 1.82) is 0 Å². The van der Waals surface area contributed by atoms with E-state index in [-0.39, 0.29) is 24.9 Å². The number of alkyl carbamates (subject to hydrolysis) is 1. The van der Waals surface area contributed by atoms with E-state index in [1.165, 1.54) is 22.8 Å². The first kappa shape index (κ1) is 20.2. The number of carbonyl (C=O) groups excluding carboxylic acids is 2. The number of carbonyl (C=O) groups is 2. The van der Waals surface area contributed by atoms with Crippen LogP contribution in [0.3, 0.4) is 0 Å². The molecule has 0 bridgehead atoms. The zero-order valence-electron chi connectivity index (χ0n) is 17.2. The smallest absolute Gasteiger partial charge is 0.407 e. The normalized spacial score (nSPS) is 11.7. The number of nitrogens with zero attached hydrogens (tertiary/aromatic N) is 2. The largest absolute Gasteiger partial charge is 0.463 e. The Morgan fingerprint density at radius 3 is 2.39 bits per heavy atom. The first-order valence-electron chi connectivity index (χ1n) is 9.78. The summed E-state index contributed by atoms with van der Waals surface area (Å²) in [6.45, 7) is 0.344. The number of aryl methyl sites for hydroxylation is 1. The minimum absolute atomic E-state index is 0.00879. The van der Waals surface area contributed by atoms with Gasteiger partial charge in [-0.1, -0.05) is 54.5 Å². The minimum atomic E-state index is -0.535. The molecule has 1 N–H and O–H groups in total. The lowest BCUT2D eigenvalue weighted by atomic mass is 9.98. The minimum Gasteiger partial charge on any atom is -0.463 e. The van der Waals surface area contributed by atoms with Crippen molar-refractivity contribution < 1.29 is 19.1 Å². The van der Waals surface area contributed by atoms with E-state index in [1.54, 1.807) is 13.2 Å². The zero-order valence-corrected chi connectivity index (χ0v) is 17.2. The number of ether oxygens (including phenoxy) is 2. The van der Waals surface area contributed by atoms with Gasteiger partial charge in [0.25, 0.3) is 0 Å². The zero-order chi connectivity index (χ0) is 21.8. The molecule has 1 amide bonds. The number of rotatable bonds is 4. The molecular weight excluding hydrogens is 394 g/mol. The van der Waals surface area contributed by atoms with Gasteiger partial charge in [0.05, 0.1) is 13.7 Å². The Bertz CT molecular complexity index is 1160. The molecule has 3 aromatic rings. The van der Waals surface area contributed by atoms with E-state index in [0.717, 1.165) is 11.1 Å². The SMILES string of the molecule is COC(=O)c1nc(C#CCNC(=O)OCC2c3ccccc3-c3ccccc32)cn1C. The van der Waals surface area contributed by atoms with E-state index in [9.17, 15) is 9.59 Å². The molecule has 156 valence electrons. The molecule has 1 aliphatic rings. The van der Waals surface area contributed by atoms with Gasteiger partial charge >= 0.3 is 12.1 Å². The highest BCUT2D eigenvalue weighted by molar-refractivity contribution is 5.85. The number of nitrogens with one attached hydrogen (secondary N) is 1. The standard InChI is InChI=1S/C24H21N3O4/c1-27-14-16(26-22(27)23(28)30-2)8-7-13-25-24(29)31-15-21-19-11-5-3-9-17(19)18-10-4-6-12-20(18)21/h3-6,9-12,14,21H,13,15H2,1-2H3,(H,25,29). The Kier molecular flexibility index (Phi) is 5.72. The molecule has 0 saturated heterocycles. The van der Waals surface area contributed by atoms with Gasteiger partial charge in [-0.3, -0.25) is 0 Å². The van der Waals surface area contributed by atoms with Crippen LogP contribution in [0, 0.1) is 11.8 Å². The molecule has 1 aliphatic carbocycles. The first-order chi connectivity index (χ1) is 15.1. The van der Waals surface area contributed by atoms with Gasteiger partial charge < -0.3 is 19.4 Å². The second-order valence-corrected chi connectivity index (χ2v) is 7.03. The van der Waals surface area contributed by atoms with Gasteiger partial charge in [0.15, 0.2) is 0 Å². The molecule has 0 saturated carbocycles. The van der Waals surface area contributed by atoms with E-state index >= 15 is 0 Å². The summed E-state index contributed by atoms with van der Waals surface area (Å²) in [5, 5.41) is 2.62. The lowest BCUT2D eigenvalue weighted by molar-refractivity contribution is 0.0582. The van der Waals surface area contributed by atoms with Crippen LogP contribution < -0.4 is 5.32 Å². The number of hydrogen-bond acceptors (Lipinski definition) is 5. The van der Waals surface area contributed by atoms with E-state index in [2.05, 4.69) is 51.1 Å². The average molecular weight is 415 g/mol. The summed E-state index contributed by atoms with van der Waals surface area (Å²) in [7, 11) is 2.97. The number of fused-ring (bicyclic) bond motifs is 3. The summed E-state index contributed by atoms with van der Waals surface area (Å²) in [5.41, 5.74) is 5.09. The molecule has 0 atom stereocenters. The van der Waals surface area contributed by atoms with E-state index < -0.39 is 12.1 Å². The van der Waals surface area contributed by atoms with Crippen LogP contribution in [-0.2, 0) is 16.5 Å². The molecule has 4 rings (SSSR count). The fraction of sp³-hybridized carbons (Fsp3) is 0.208. The molecule has 0 spiro atoms. The highest BCUT2D eigenvalue weighted by Crippen LogP contribution is 2.44. The summed E-state index contributed by atoms with van der Waals surface area (Å²) < 4.78 is 11.7. The summed E-state index contributed by atoms with van der Waals surface area (Å²) >= 11 is 0. The highest BCUT2D eigenvalue weighted by Gasteiger charge is 2.28. The lowest BCUT2D eigenvalue weighted by Gasteiger charge is -2.14. The summed E-state index contributed by atoms with van der Waals surface area (Å²) in [4.78, 5) is 27.8. The van der Waals surface area contributed by atoms with Crippen molar-refractivity contribution in [3.8, 4) is 23.0 Å². The van der Waals surface area contributed by atoms with Crippen LogP contribution in [0.1, 0.15) is 33.4 Å². The van der Waals surface area contributed by atoms with Crippen LogP contribution in [0.2, 0.25) is 0 Å². The number of methoxy groups -OCH3 is 1. The van der Waals surface area contributed by atoms with Crippen LogP contribution in [0.25, 0.3) is 11.1 Å². The third-order valence-corrected chi connectivity index (χ3v) is 5.13. The van der Waals surface area contributed by atoms with Crippen LogP contribution in [-0.4, -0.2) is 41.9 Å². The van der Waals surface area contributed by atoms with Crippen molar-refractivity contribution in [2.45, 2.75) is 5.92 Å². The molecule has 0 unspecified atom stereocenters. The predicted molar refractivity (Wildman–Crippen MR) is 114 cm³/mol. The third kappa shape index (κ3) is 4.14. The fourth-order valence-electron chi connectivity index (χ4n) is 3.71. The molecule has 0 aliphatic heterocycles. The summed E-state index contributed by atoms with van der Waals surface area (Å²) in [6.07, 6.45) is 1.08. The molecular formula is C24H21N3O4. The van der Waals surface area contributed by atoms with Crippen LogP contribution in [0.5, 0.6) is 0 Å². The van der Waals surface area contributed by atoms with E-state index in [4.69, 9.17) is 4.74 Å². The number of imidazole rings is 1. The molecule has 0 radical (unpaired) electrons. The maximum atomic E-state index is 12.1. The van der Waals surface area contributed by atoms with Crippen LogP contribution in [0.4, 0.5) is 4.79 Å². The van der Waals surface area contributed by atoms with Gasteiger partial charge in [0.1, 0.15) is 12.3 Å². The highest BCUT2D eigenvalue weighted by atomic mass is 16.5. The number of benzene rings is 2. The Labute approximate surface area is 180 Å². The third-order valence-electron chi connectivity index (χ3n) is 5.13. The molecule has 1 heterocycles. The van der Waals surface area contributed by atoms with Crippen molar-refractivity contribution >= 4 is 12.1 Å². The Morgan fingerprint density at radius 2 is 1.74 bits per heavy atom. The summed E-state index contributed by atoms with van der Waals surface area (Å²) in [5.74, 6) is 5.24. The van der Waals surface area contributed by atoms with Gasteiger partial charge in [-0.25, -0.2) is 14.6 Å². The van der Waals surface area contributed by atoms with E-state index in [0.29, 0.717) is 5.69 Å². The lowest BCUT2D eigenvalue weighted by Crippen LogP contribution is -2.26. The van der Waals surface area contributed by atoms with Crippen LogP contribution in [0.15, 0.2) is 54.7 Å². The maximum absolute atomic E-state index is 12.1. The number of aromatic nitrogens is 2. The predicted octanol–water partition coefficient (Wildman–Crippen LogP) is 3.10. The van der Waals surface area contributed by atoms with Crippen molar-refractivity contribution in [2.24, 2.45) is 7.05 Å². The van der Waals surface area contributed by atoms with Gasteiger partial charge in [-0.05, 0) is 28.2 Å². The van der Waals surface area contributed by atoms with Gasteiger partial charge in [-0.2, -0.15) is 0 Å². The number of amides is 1. The number of esters is 1. The maximum Gasteiger partial charge on any atom is 0.407 e. The fourth-order valence-corrected chi connectivity index (χ4v) is 3.71. The molecule has 31 heavy (non-hydrogen) atoms. The second kappa shape index (κ2) is 8.76. The molecule has 7 heteroatoms. The Hall–Kier alpha value is -4.05. The van der Waals surface area contributed by atoms with Crippen molar-refractivity contribution in [3.05, 3.63) is 77.4 Å². The van der Waals surface area contributed by atoms with E-state index in [1.807, 2.05) is 24.3 Å². The molecule has 2 aromatic carbocycles. The summed E-state index contributed by atoms with van der Waals surface area (Å²) in [6, 6.07) is 16.3. The van der Waals surface area contributed by atoms with Gasteiger partial charge in [0, 0.05) is 19.2 Å². The number of hydrogen-bond donors (Lipinski definition) is 1. The molecule has 7 nitrogen and oxygen atoms in total. The Morgan fingerprint density at radius 1 is 1.10 bits per heavy atom. The molecule has 1 aromatic heterocycles. The molecule has 0 fully saturated rings. The Balaban J connectivity index is 1.33. The van der Waals surface area contributed by atoms with Crippen molar-refractivity contribution in [1.82, 2.24) is 14.9 Å².